The summed E-state index contributed by atoms with van der Waals surface area (Å²) in [7, 11) is -3.43. The molecule has 2 rings (SSSR count). The van der Waals surface area contributed by atoms with Crippen LogP contribution in [0.25, 0.3) is 0 Å². The third-order valence-corrected chi connectivity index (χ3v) is 4.88. The Morgan fingerprint density at radius 1 is 1.33 bits per heavy atom. The summed E-state index contributed by atoms with van der Waals surface area (Å²) in [5.74, 6) is -0.645. The monoisotopic (exact) mass is 358 g/mol. The van der Waals surface area contributed by atoms with Gasteiger partial charge in [-0.25, -0.2) is 12.8 Å². The van der Waals surface area contributed by atoms with E-state index in [4.69, 9.17) is 9.57 Å². The minimum absolute atomic E-state index is 0.0622. The van der Waals surface area contributed by atoms with Gasteiger partial charge in [0.25, 0.3) is 0 Å². The fourth-order valence-corrected chi connectivity index (χ4v) is 3.06. The zero-order chi connectivity index (χ0) is 17.6. The van der Waals surface area contributed by atoms with Crippen molar-refractivity contribution in [2.75, 3.05) is 32.6 Å². The van der Waals surface area contributed by atoms with Crippen LogP contribution in [0.2, 0.25) is 0 Å². The van der Waals surface area contributed by atoms with E-state index in [1.54, 1.807) is 6.92 Å². The van der Waals surface area contributed by atoms with Crippen molar-refractivity contribution in [3.05, 3.63) is 29.6 Å². The summed E-state index contributed by atoms with van der Waals surface area (Å²) in [6.07, 6.45) is 3.26. The van der Waals surface area contributed by atoms with E-state index in [0.29, 0.717) is 12.3 Å². The quantitative estimate of drug-likeness (QED) is 0.456. The molecule has 0 atom stereocenters. The van der Waals surface area contributed by atoms with E-state index < -0.39 is 15.7 Å². The highest BCUT2D eigenvalue weighted by molar-refractivity contribution is 7.90. The van der Waals surface area contributed by atoms with Crippen molar-refractivity contribution in [1.82, 2.24) is 5.32 Å². The van der Waals surface area contributed by atoms with Crippen molar-refractivity contribution in [1.29, 1.82) is 0 Å². The van der Waals surface area contributed by atoms with E-state index in [2.05, 4.69) is 10.5 Å². The molecule has 24 heavy (non-hydrogen) atoms. The first-order valence-electron chi connectivity index (χ1n) is 7.87. The molecule has 0 radical (unpaired) electrons. The number of ether oxygens (including phenoxy) is 1. The fourth-order valence-electron chi connectivity index (χ4n) is 2.43. The molecule has 0 saturated carbocycles. The molecule has 1 heterocycles. The summed E-state index contributed by atoms with van der Waals surface area (Å²) < 4.78 is 42.5. The predicted octanol–water partition coefficient (Wildman–Crippen LogP) is 1.74. The van der Waals surface area contributed by atoms with Gasteiger partial charge in [0.1, 0.15) is 12.4 Å². The van der Waals surface area contributed by atoms with Crippen molar-refractivity contribution in [2.45, 2.75) is 30.8 Å². The number of nitrogens with one attached hydrogen (secondary N) is 1. The lowest BCUT2D eigenvalue weighted by molar-refractivity contribution is -0.00605. The molecule has 0 aliphatic carbocycles. The van der Waals surface area contributed by atoms with E-state index in [1.807, 2.05) is 0 Å². The highest BCUT2D eigenvalue weighted by atomic mass is 32.2. The van der Waals surface area contributed by atoms with Gasteiger partial charge in [0.2, 0.25) is 0 Å². The molecule has 0 bridgehead atoms. The number of sulfone groups is 1. The Morgan fingerprint density at radius 3 is 2.67 bits per heavy atom. The van der Waals surface area contributed by atoms with Crippen molar-refractivity contribution >= 4 is 15.5 Å². The first kappa shape index (κ1) is 18.8. The van der Waals surface area contributed by atoms with Gasteiger partial charge in [-0.2, -0.15) is 0 Å². The molecule has 0 amide bonds. The maximum absolute atomic E-state index is 14.0. The summed E-state index contributed by atoms with van der Waals surface area (Å²) >= 11 is 0. The summed E-state index contributed by atoms with van der Waals surface area (Å²) in [5, 5.41) is 7.13. The third-order valence-electron chi connectivity index (χ3n) is 3.77. The zero-order valence-electron chi connectivity index (χ0n) is 13.9. The summed E-state index contributed by atoms with van der Waals surface area (Å²) in [6, 6.07) is 3.73. The number of oxime groups is 1. The van der Waals surface area contributed by atoms with Gasteiger partial charge in [-0.3, -0.25) is 0 Å². The lowest BCUT2D eigenvalue weighted by Crippen LogP contribution is -2.33. The Bertz CT molecular complexity index is 685. The molecule has 134 valence electrons. The molecule has 1 aliphatic rings. The number of halogens is 1. The number of nitrogens with zero attached hydrogens (tertiary/aromatic N) is 1. The van der Waals surface area contributed by atoms with Crippen LogP contribution in [-0.2, 0) is 19.4 Å². The molecule has 8 heteroatoms. The smallest absolute Gasteiger partial charge is 0.175 e. The average molecular weight is 358 g/mol. The Labute approximate surface area is 141 Å². The molecular weight excluding hydrogens is 335 g/mol. The van der Waals surface area contributed by atoms with E-state index in [9.17, 15) is 12.8 Å². The molecule has 1 aromatic carbocycles. The highest BCUT2D eigenvalue weighted by Gasteiger charge is 2.14. The largest absolute Gasteiger partial charge is 0.393 e. The lowest BCUT2D eigenvalue weighted by Gasteiger charge is -2.22. The normalized spacial score (nSPS) is 17.0. The van der Waals surface area contributed by atoms with Gasteiger partial charge in [0.05, 0.1) is 23.3 Å². The van der Waals surface area contributed by atoms with Crippen LogP contribution in [0.4, 0.5) is 4.39 Å². The van der Waals surface area contributed by atoms with Crippen LogP contribution in [-0.4, -0.2) is 52.8 Å². The van der Waals surface area contributed by atoms with Crippen LogP contribution in [0.3, 0.4) is 0 Å². The zero-order valence-corrected chi connectivity index (χ0v) is 14.7. The van der Waals surface area contributed by atoms with E-state index in [1.165, 1.54) is 12.1 Å². The molecule has 0 spiro atoms. The molecule has 6 nitrogen and oxygen atoms in total. The van der Waals surface area contributed by atoms with Gasteiger partial charge >= 0.3 is 0 Å². The lowest BCUT2D eigenvalue weighted by atomic mass is 10.1. The first-order valence-corrected chi connectivity index (χ1v) is 9.76. The summed E-state index contributed by atoms with van der Waals surface area (Å²) in [6.45, 7) is 4.24. The molecule has 0 unspecified atom stereocenters. The maximum atomic E-state index is 14.0. The van der Waals surface area contributed by atoms with Crippen molar-refractivity contribution in [3.63, 3.8) is 0 Å². The van der Waals surface area contributed by atoms with Gasteiger partial charge in [0.15, 0.2) is 9.84 Å². The van der Waals surface area contributed by atoms with Gasteiger partial charge in [-0.05, 0) is 51.1 Å². The number of hydrogen-bond acceptors (Lipinski definition) is 6. The van der Waals surface area contributed by atoms with Crippen LogP contribution in [0, 0.1) is 5.82 Å². The Hall–Kier alpha value is -1.51. The summed E-state index contributed by atoms with van der Waals surface area (Å²) in [4.78, 5) is 5.09. The molecule has 1 fully saturated rings. The average Bonchev–Trinajstić information content (AvgIpc) is 2.54. The van der Waals surface area contributed by atoms with Crippen LogP contribution in [0.15, 0.2) is 28.3 Å². The van der Waals surface area contributed by atoms with Gasteiger partial charge in [-0.15, -0.1) is 0 Å². The van der Waals surface area contributed by atoms with Crippen LogP contribution < -0.4 is 5.32 Å². The second-order valence-corrected chi connectivity index (χ2v) is 7.76. The van der Waals surface area contributed by atoms with Crippen LogP contribution in [0.5, 0.6) is 0 Å². The van der Waals surface area contributed by atoms with E-state index in [0.717, 1.165) is 38.3 Å². The molecule has 1 saturated heterocycles. The third kappa shape index (κ3) is 5.54. The minimum Gasteiger partial charge on any atom is -0.393 e. The van der Waals surface area contributed by atoms with E-state index >= 15 is 0 Å². The molecule has 1 N–H and O–H groups in total. The van der Waals surface area contributed by atoms with Crippen molar-refractivity contribution < 1.29 is 22.4 Å². The van der Waals surface area contributed by atoms with Crippen LogP contribution >= 0.6 is 0 Å². The molecule has 1 aromatic rings. The highest BCUT2D eigenvalue weighted by Crippen LogP contribution is 2.16. The molecule has 0 aromatic heterocycles. The number of rotatable bonds is 7. The van der Waals surface area contributed by atoms with Crippen molar-refractivity contribution in [2.24, 2.45) is 5.16 Å². The standard InChI is InChI=1S/C16H23FN2O4S/c1-12(15-4-3-14(11-16(15)17)24(2,20)21)19-23-10-9-22-13-5-7-18-8-6-13/h3-4,11,13,18H,5-10H2,1-2H3. The fraction of sp³-hybridized carbons (Fsp3) is 0.562. The van der Waals surface area contributed by atoms with Gasteiger partial charge < -0.3 is 14.9 Å². The molecule has 1 aliphatic heterocycles. The van der Waals surface area contributed by atoms with E-state index in [-0.39, 0.29) is 23.2 Å². The van der Waals surface area contributed by atoms with Crippen LogP contribution in [0.1, 0.15) is 25.3 Å². The number of benzene rings is 1. The second kappa shape index (κ2) is 8.55. The Morgan fingerprint density at radius 2 is 2.04 bits per heavy atom. The minimum atomic E-state index is -3.43. The Balaban J connectivity index is 1.84. The topological polar surface area (TPSA) is 77.0 Å². The maximum Gasteiger partial charge on any atom is 0.175 e. The first-order chi connectivity index (χ1) is 11.4. The van der Waals surface area contributed by atoms with Crippen molar-refractivity contribution in [3.8, 4) is 0 Å². The number of piperidine rings is 1. The molecular formula is C16H23FN2O4S. The predicted molar refractivity (Wildman–Crippen MR) is 89.5 cm³/mol. The van der Waals surface area contributed by atoms with Gasteiger partial charge in [-0.1, -0.05) is 5.16 Å². The number of hydrogen-bond donors (Lipinski definition) is 1. The SMILES string of the molecule is CC(=NOCCOC1CCNCC1)c1ccc(S(C)(=O)=O)cc1F. The summed E-state index contributed by atoms with van der Waals surface area (Å²) in [5.41, 5.74) is 0.552. The second-order valence-electron chi connectivity index (χ2n) is 5.74. The van der Waals surface area contributed by atoms with Gasteiger partial charge in [0, 0.05) is 11.8 Å². The Kier molecular flexibility index (Phi) is 6.70.